The molecule has 142 valence electrons. The summed E-state index contributed by atoms with van der Waals surface area (Å²) in [5.41, 5.74) is 1.47. The number of hydrogen-bond donors (Lipinski definition) is 1. The molecule has 1 N–H and O–H groups in total. The lowest BCUT2D eigenvalue weighted by atomic mass is 10.1. The van der Waals surface area contributed by atoms with Crippen molar-refractivity contribution in [2.75, 3.05) is 11.9 Å². The fourth-order valence-electron chi connectivity index (χ4n) is 2.57. The number of nitrogens with zero attached hydrogens (tertiary/aromatic N) is 1. The van der Waals surface area contributed by atoms with E-state index in [2.05, 4.69) is 10.3 Å². The molecule has 0 unspecified atom stereocenters. The van der Waals surface area contributed by atoms with Crippen LogP contribution in [0.2, 0.25) is 0 Å². The highest BCUT2D eigenvalue weighted by Crippen LogP contribution is 2.22. The number of anilines is 1. The van der Waals surface area contributed by atoms with Crippen LogP contribution in [0.15, 0.2) is 59.0 Å². The van der Waals surface area contributed by atoms with Crippen LogP contribution >= 0.6 is 0 Å². The molecule has 7 heteroatoms. The van der Waals surface area contributed by atoms with Crippen molar-refractivity contribution in [3.8, 4) is 11.5 Å². The van der Waals surface area contributed by atoms with Crippen LogP contribution in [-0.4, -0.2) is 29.3 Å². The molecule has 2 aromatic carbocycles. The number of esters is 1. The molecule has 0 aliphatic heterocycles. The van der Waals surface area contributed by atoms with Gasteiger partial charge >= 0.3 is 5.97 Å². The Kier molecular flexibility index (Phi) is 5.64. The van der Waals surface area contributed by atoms with Gasteiger partial charge in [0.2, 0.25) is 5.89 Å². The SMILES string of the molecule is CC(=O)c1ccccc1NC(=O)COC(=O)c1nc(-c2ccccc2)oc1C. The molecular formula is C21H18N2O5. The molecule has 0 bridgehead atoms. The van der Waals surface area contributed by atoms with Crippen molar-refractivity contribution < 1.29 is 23.5 Å². The highest BCUT2D eigenvalue weighted by molar-refractivity contribution is 6.04. The second kappa shape index (κ2) is 8.30. The van der Waals surface area contributed by atoms with Crippen LogP contribution in [0, 0.1) is 6.92 Å². The summed E-state index contributed by atoms with van der Waals surface area (Å²) in [5.74, 6) is -0.916. The smallest absolute Gasteiger partial charge is 0.361 e. The average molecular weight is 378 g/mol. The number of carbonyl (C=O) groups is 3. The first-order valence-corrected chi connectivity index (χ1v) is 8.55. The van der Waals surface area contributed by atoms with Gasteiger partial charge in [0.25, 0.3) is 5.91 Å². The minimum Gasteiger partial charge on any atom is -0.451 e. The topological polar surface area (TPSA) is 98.5 Å². The lowest BCUT2D eigenvalue weighted by Gasteiger charge is -2.09. The van der Waals surface area contributed by atoms with Crippen molar-refractivity contribution >= 4 is 23.3 Å². The number of rotatable bonds is 6. The number of nitrogens with one attached hydrogen (secondary N) is 1. The molecule has 0 fully saturated rings. The molecule has 0 saturated carbocycles. The fourth-order valence-corrected chi connectivity index (χ4v) is 2.57. The van der Waals surface area contributed by atoms with Gasteiger partial charge in [-0.1, -0.05) is 30.3 Å². The number of benzene rings is 2. The van der Waals surface area contributed by atoms with Crippen LogP contribution in [0.3, 0.4) is 0 Å². The van der Waals surface area contributed by atoms with Crippen LogP contribution in [0.4, 0.5) is 5.69 Å². The van der Waals surface area contributed by atoms with E-state index in [9.17, 15) is 14.4 Å². The molecule has 0 saturated heterocycles. The van der Waals surface area contributed by atoms with Gasteiger partial charge in [-0.25, -0.2) is 9.78 Å². The van der Waals surface area contributed by atoms with Gasteiger partial charge in [0.15, 0.2) is 18.1 Å². The van der Waals surface area contributed by atoms with Gasteiger partial charge in [0, 0.05) is 11.1 Å². The molecule has 7 nitrogen and oxygen atoms in total. The highest BCUT2D eigenvalue weighted by atomic mass is 16.5. The monoisotopic (exact) mass is 378 g/mol. The molecule has 0 aliphatic carbocycles. The first-order valence-electron chi connectivity index (χ1n) is 8.55. The number of carbonyl (C=O) groups excluding carboxylic acids is 3. The van der Waals surface area contributed by atoms with Crippen molar-refractivity contribution in [3.05, 3.63) is 71.6 Å². The van der Waals surface area contributed by atoms with E-state index in [0.717, 1.165) is 5.56 Å². The first-order chi connectivity index (χ1) is 13.5. The van der Waals surface area contributed by atoms with Crippen LogP contribution in [0.5, 0.6) is 0 Å². The Labute approximate surface area is 161 Å². The van der Waals surface area contributed by atoms with Gasteiger partial charge in [-0.3, -0.25) is 9.59 Å². The van der Waals surface area contributed by atoms with Crippen molar-refractivity contribution in [3.63, 3.8) is 0 Å². The second-order valence-electron chi connectivity index (χ2n) is 6.02. The Morgan fingerprint density at radius 1 is 1.04 bits per heavy atom. The molecule has 3 aromatic rings. The molecule has 1 heterocycles. The number of ether oxygens (including phenoxy) is 1. The number of aromatic nitrogens is 1. The van der Waals surface area contributed by atoms with E-state index in [-0.39, 0.29) is 11.5 Å². The van der Waals surface area contributed by atoms with Gasteiger partial charge in [0.05, 0.1) is 5.69 Å². The number of para-hydroxylation sites is 1. The van der Waals surface area contributed by atoms with Gasteiger partial charge < -0.3 is 14.5 Å². The minimum absolute atomic E-state index is 0.00999. The largest absolute Gasteiger partial charge is 0.451 e. The zero-order chi connectivity index (χ0) is 20.1. The molecule has 3 rings (SSSR count). The Bertz CT molecular complexity index is 1020. The first kappa shape index (κ1) is 19.0. The number of amides is 1. The van der Waals surface area contributed by atoms with E-state index in [1.54, 1.807) is 43.3 Å². The van der Waals surface area contributed by atoms with Crippen LogP contribution in [0.1, 0.15) is 33.5 Å². The molecular weight excluding hydrogens is 360 g/mol. The molecule has 0 radical (unpaired) electrons. The molecule has 0 aliphatic rings. The summed E-state index contributed by atoms with van der Waals surface area (Å²) in [7, 11) is 0. The Hall–Kier alpha value is -3.74. The third-order valence-corrected chi connectivity index (χ3v) is 3.93. The van der Waals surface area contributed by atoms with Gasteiger partial charge in [0.1, 0.15) is 5.76 Å². The Morgan fingerprint density at radius 3 is 2.43 bits per heavy atom. The standard InChI is InChI=1S/C21H18N2O5/c1-13(24)16-10-6-7-11-17(16)22-18(25)12-27-21(26)19-14(2)28-20(23-19)15-8-4-3-5-9-15/h3-11H,12H2,1-2H3,(H,22,25). The number of ketones is 1. The minimum atomic E-state index is -0.765. The maximum absolute atomic E-state index is 12.3. The Morgan fingerprint density at radius 2 is 1.71 bits per heavy atom. The number of aryl methyl sites for hydroxylation is 1. The molecule has 0 atom stereocenters. The molecule has 1 aromatic heterocycles. The summed E-state index contributed by atoms with van der Waals surface area (Å²) in [6, 6.07) is 15.7. The van der Waals surface area contributed by atoms with Crippen LogP contribution < -0.4 is 5.32 Å². The summed E-state index contributed by atoms with van der Waals surface area (Å²) in [6.07, 6.45) is 0. The molecule has 0 spiro atoms. The zero-order valence-electron chi connectivity index (χ0n) is 15.4. The van der Waals surface area contributed by atoms with Crippen molar-refractivity contribution in [2.45, 2.75) is 13.8 Å². The van der Waals surface area contributed by atoms with Crippen molar-refractivity contribution in [1.29, 1.82) is 0 Å². The Balaban J connectivity index is 1.64. The van der Waals surface area contributed by atoms with Gasteiger partial charge in [-0.2, -0.15) is 0 Å². The zero-order valence-corrected chi connectivity index (χ0v) is 15.4. The fraction of sp³-hybridized carbons (Fsp3) is 0.143. The maximum Gasteiger partial charge on any atom is 0.361 e. The summed E-state index contributed by atoms with van der Waals surface area (Å²) >= 11 is 0. The van der Waals surface area contributed by atoms with Crippen molar-refractivity contribution in [1.82, 2.24) is 4.98 Å². The molecule has 1 amide bonds. The highest BCUT2D eigenvalue weighted by Gasteiger charge is 2.20. The predicted molar refractivity (Wildman–Crippen MR) is 102 cm³/mol. The maximum atomic E-state index is 12.3. The predicted octanol–water partition coefficient (Wildman–Crippen LogP) is 3.65. The third-order valence-electron chi connectivity index (χ3n) is 3.93. The van der Waals surface area contributed by atoms with E-state index in [4.69, 9.17) is 9.15 Å². The summed E-state index contributed by atoms with van der Waals surface area (Å²) in [6.45, 7) is 2.49. The van der Waals surface area contributed by atoms with Gasteiger partial charge in [-0.15, -0.1) is 0 Å². The van der Waals surface area contributed by atoms with E-state index in [1.165, 1.54) is 6.92 Å². The normalized spacial score (nSPS) is 10.4. The van der Waals surface area contributed by atoms with Crippen LogP contribution in [0.25, 0.3) is 11.5 Å². The third kappa shape index (κ3) is 4.32. The van der Waals surface area contributed by atoms with Crippen LogP contribution in [-0.2, 0) is 9.53 Å². The van der Waals surface area contributed by atoms with E-state index in [0.29, 0.717) is 22.9 Å². The second-order valence-corrected chi connectivity index (χ2v) is 6.02. The number of oxazole rings is 1. The quantitative estimate of drug-likeness (QED) is 0.519. The number of hydrogen-bond acceptors (Lipinski definition) is 6. The van der Waals surface area contributed by atoms with Gasteiger partial charge in [-0.05, 0) is 38.1 Å². The van der Waals surface area contributed by atoms with Crippen molar-refractivity contribution in [2.24, 2.45) is 0 Å². The summed E-state index contributed by atoms with van der Waals surface area (Å²) in [5, 5.41) is 2.56. The lowest BCUT2D eigenvalue weighted by molar-refractivity contribution is -0.119. The summed E-state index contributed by atoms with van der Waals surface area (Å²) in [4.78, 5) is 40.1. The molecule has 28 heavy (non-hydrogen) atoms. The average Bonchev–Trinajstić information content (AvgIpc) is 3.09. The van der Waals surface area contributed by atoms with E-state index in [1.807, 2.05) is 18.2 Å². The van der Waals surface area contributed by atoms with E-state index < -0.39 is 18.5 Å². The van der Waals surface area contributed by atoms with E-state index >= 15 is 0 Å². The lowest BCUT2D eigenvalue weighted by Crippen LogP contribution is -2.22. The number of Topliss-reactive ketones (excluding diaryl/α,β-unsaturated/α-hetero) is 1. The summed E-state index contributed by atoms with van der Waals surface area (Å²) < 4.78 is 10.6.